The minimum absolute atomic E-state index is 0.201. The summed E-state index contributed by atoms with van der Waals surface area (Å²) < 4.78 is 30.3. The smallest absolute Gasteiger partial charge is 0.264 e. The van der Waals surface area contributed by atoms with Crippen LogP contribution in [0.1, 0.15) is 57.9 Å². The van der Waals surface area contributed by atoms with Gasteiger partial charge in [-0.2, -0.15) is 8.42 Å². The van der Waals surface area contributed by atoms with Gasteiger partial charge in [-0.1, -0.05) is 69.4 Å². The third-order valence-electron chi connectivity index (χ3n) is 4.01. The van der Waals surface area contributed by atoms with Gasteiger partial charge in [0.1, 0.15) is 0 Å². The minimum atomic E-state index is -3.66. The molecular formula is C18H31N5O3S. The van der Waals surface area contributed by atoms with Crippen molar-refractivity contribution in [2.24, 2.45) is 0 Å². The van der Waals surface area contributed by atoms with E-state index in [0.717, 1.165) is 18.5 Å². The maximum Gasteiger partial charge on any atom is 0.264 e. The number of nitrogens with zero attached hydrogens (tertiary/aromatic N) is 4. The third kappa shape index (κ3) is 10.0. The van der Waals surface area contributed by atoms with E-state index in [1.165, 1.54) is 39.0 Å². The molecule has 0 bridgehead atoms. The predicted molar refractivity (Wildman–Crippen MR) is 105 cm³/mol. The van der Waals surface area contributed by atoms with Gasteiger partial charge in [0.15, 0.2) is 0 Å². The van der Waals surface area contributed by atoms with Gasteiger partial charge in [-0.3, -0.25) is 9.96 Å². The highest BCUT2D eigenvalue weighted by atomic mass is 32.2. The van der Waals surface area contributed by atoms with Crippen LogP contribution in [-0.4, -0.2) is 38.5 Å². The van der Waals surface area contributed by atoms with Gasteiger partial charge in [-0.05, 0) is 29.3 Å². The second kappa shape index (κ2) is 12.4. The van der Waals surface area contributed by atoms with E-state index >= 15 is 0 Å². The summed E-state index contributed by atoms with van der Waals surface area (Å²) in [5, 5.41) is 16.3. The molecule has 0 aliphatic rings. The van der Waals surface area contributed by atoms with Crippen LogP contribution in [0.15, 0.2) is 30.3 Å². The average molecular weight is 398 g/mol. The Bertz CT molecular complexity index is 800. The molecule has 0 amide bonds. The Hall–Kier alpha value is -2.00. The fourth-order valence-corrected chi connectivity index (χ4v) is 2.37. The Labute approximate surface area is 161 Å². The summed E-state index contributed by atoms with van der Waals surface area (Å²) in [5.74, 6) is -0.201. The van der Waals surface area contributed by atoms with Gasteiger partial charge < -0.3 is 0 Å². The first-order valence-electron chi connectivity index (χ1n) is 9.41. The van der Waals surface area contributed by atoms with Crippen LogP contribution in [0.4, 0.5) is 0 Å². The van der Waals surface area contributed by atoms with Crippen molar-refractivity contribution in [2.75, 3.05) is 5.75 Å². The van der Waals surface area contributed by atoms with Crippen LogP contribution in [0, 0.1) is 5.41 Å². The Morgan fingerprint density at radius 3 is 2.11 bits per heavy atom. The lowest BCUT2D eigenvalue weighted by molar-refractivity contribution is 0.484. The summed E-state index contributed by atoms with van der Waals surface area (Å²) in [6.07, 6.45) is 7.47. The topological polar surface area (TPSA) is 114 Å². The number of hydrogen-bond donors (Lipinski definition) is 2. The average Bonchev–Trinajstić information content (AvgIpc) is 2.99. The fourth-order valence-electron chi connectivity index (χ4n) is 2.37. The van der Waals surface area contributed by atoms with E-state index < -0.39 is 10.1 Å². The van der Waals surface area contributed by atoms with Crippen molar-refractivity contribution in [1.82, 2.24) is 19.8 Å². The van der Waals surface area contributed by atoms with Crippen LogP contribution in [0.2, 0.25) is 0 Å². The van der Waals surface area contributed by atoms with Crippen molar-refractivity contribution in [3.63, 3.8) is 0 Å². The van der Waals surface area contributed by atoms with Crippen molar-refractivity contribution in [2.45, 2.75) is 65.5 Å². The zero-order valence-corrected chi connectivity index (χ0v) is 17.0. The first kappa shape index (κ1) is 23.0. The van der Waals surface area contributed by atoms with Crippen molar-refractivity contribution in [3.05, 3.63) is 41.5 Å². The predicted octanol–water partition coefficient (Wildman–Crippen LogP) is 2.86. The van der Waals surface area contributed by atoms with Gasteiger partial charge in [0, 0.05) is 6.54 Å². The lowest BCUT2D eigenvalue weighted by Crippen LogP contribution is -2.26. The molecule has 1 heterocycles. The van der Waals surface area contributed by atoms with E-state index in [4.69, 9.17) is 9.96 Å². The second-order valence-corrected chi connectivity index (χ2v) is 8.05. The third-order valence-corrected chi connectivity index (χ3v) is 4.74. The molecule has 2 aromatic rings. The highest BCUT2D eigenvalue weighted by Crippen LogP contribution is 2.05. The summed E-state index contributed by atoms with van der Waals surface area (Å²) in [7, 11) is -3.66. The minimum Gasteiger partial charge on any atom is -0.286 e. The Morgan fingerprint density at radius 1 is 0.963 bits per heavy atom. The van der Waals surface area contributed by atoms with E-state index in [1.807, 2.05) is 30.3 Å². The molecule has 0 saturated heterocycles. The molecule has 0 radical (unpaired) electrons. The Morgan fingerprint density at radius 2 is 1.52 bits per heavy atom. The number of tetrazole rings is 1. The van der Waals surface area contributed by atoms with Crippen molar-refractivity contribution < 1.29 is 13.0 Å². The lowest BCUT2D eigenvalue weighted by Gasteiger charge is -2.02. The molecule has 0 spiro atoms. The quantitative estimate of drug-likeness (QED) is 0.473. The Balaban J connectivity index is 0.000000527. The monoisotopic (exact) mass is 397 g/mol. The molecule has 9 heteroatoms. The number of rotatable bonds is 10. The molecule has 2 rings (SSSR count). The van der Waals surface area contributed by atoms with Crippen LogP contribution >= 0.6 is 0 Å². The number of nitrogens with one attached hydrogen (secondary N) is 1. The zero-order chi connectivity index (χ0) is 20.1. The highest BCUT2D eigenvalue weighted by Gasteiger charge is 2.04. The van der Waals surface area contributed by atoms with Crippen LogP contribution in [-0.2, 0) is 23.2 Å². The summed E-state index contributed by atoms with van der Waals surface area (Å²) in [6.45, 7) is 5.00. The summed E-state index contributed by atoms with van der Waals surface area (Å²) in [5.41, 5.74) is 1.52. The lowest BCUT2D eigenvalue weighted by atomic mass is 10.1. The zero-order valence-electron chi connectivity index (χ0n) is 16.2. The van der Waals surface area contributed by atoms with Crippen LogP contribution in [0.3, 0.4) is 0 Å². The molecule has 1 aromatic carbocycles. The maximum absolute atomic E-state index is 9.56. The molecule has 0 atom stereocenters. The van der Waals surface area contributed by atoms with Gasteiger partial charge >= 0.3 is 0 Å². The van der Waals surface area contributed by atoms with E-state index in [-0.39, 0.29) is 5.75 Å². The standard InChI is InChI=1S/C16H25N5.C2H6O3S/c1-2-3-4-5-6-10-13-20-16(17)21(19-18-20)14-15-11-8-7-9-12-15;1-2-6(3,4)5/h7-9,11-12,17H,2-6,10,13-14H2,1H3;2H2,1H3,(H,3,4,5). The molecule has 0 aliphatic carbocycles. The highest BCUT2D eigenvalue weighted by molar-refractivity contribution is 7.85. The largest absolute Gasteiger partial charge is 0.286 e. The van der Waals surface area contributed by atoms with E-state index in [1.54, 1.807) is 9.36 Å². The molecule has 1 aromatic heterocycles. The molecule has 0 unspecified atom stereocenters. The Kier molecular flexibility index (Phi) is 10.6. The van der Waals surface area contributed by atoms with Gasteiger partial charge in [0.25, 0.3) is 10.1 Å². The number of unbranched alkanes of at least 4 members (excludes halogenated alkanes) is 5. The van der Waals surface area contributed by atoms with Crippen LogP contribution in [0.25, 0.3) is 0 Å². The number of aromatic nitrogens is 4. The summed E-state index contributed by atoms with van der Waals surface area (Å²) >= 11 is 0. The van der Waals surface area contributed by atoms with E-state index in [2.05, 4.69) is 17.4 Å². The molecule has 0 fully saturated rings. The molecule has 152 valence electrons. The SMILES string of the molecule is CCCCCCCCn1nnn(Cc2ccccc2)c1=N.CCS(=O)(=O)O. The van der Waals surface area contributed by atoms with Gasteiger partial charge in [-0.25, -0.2) is 9.36 Å². The number of benzene rings is 1. The van der Waals surface area contributed by atoms with Gasteiger partial charge in [0.2, 0.25) is 5.62 Å². The molecule has 2 N–H and O–H groups in total. The van der Waals surface area contributed by atoms with Crippen LogP contribution in [0.5, 0.6) is 0 Å². The van der Waals surface area contributed by atoms with Gasteiger partial charge in [0.05, 0.1) is 12.3 Å². The fraction of sp³-hybridized carbons (Fsp3) is 0.611. The molecule has 0 aliphatic heterocycles. The molecule has 27 heavy (non-hydrogen) atoms. The number of aryl methyl sites for hydroxylation is 1. The van der Waals surface area contributed by atoms with Gasteiger partial charge in [-0.15, -0.1) is 0 Å². The van der Waals surface area contributed by atoms with Crippen LogP contribution < -0.4 is 5.62 Å². The normalized spacial score (nSPS) is 11.1. The second-order valence-electron chi connectivity index (χ2n) is 6.31. The van der Waals surface area contributed by atoms with E-state index in [0.29, 0.717) is 12.2 Å². The van der Waals surface area contributed by atoms with E-state index in [9.17, 15) is 8.42 Å². The van der Waals surface area contributed by atoms with Crippen molar-refractivity contribution in [1.29, 1.82) is 5.41 Å². The molecule has 8 nitrogen and oxygen atoms in total. The summed E-state index contributed by atoms with van der Waals surface area (Å²) in [6, 6.07) is 10.1. The summed E-state index contributed by atoms with van der Waals surface area (Å²) in [4.78, 5) is 0. The molecular weight excluding hydrogens is 366 g/mol. The first-order chi connectivity index (χ1) is 12.9. The number of hydrogen-bond acceptors (Lipinski definition) is 5. The first-order valence-corrected chi connectivity index (χ1v) is 11.0. The maximum atomic E-state index is 9.56. The van der Waals surface area contributed by atoms with Crippen molar-refractivity contribution in [3.8, 4) is 0 Å². The van der Waals surface area contributed by atoms with Crippen molar-refractivity contribution >= 4 is 10.1 Å². The molecule has 0 saturated carbocycles.